The summed E-state index contributed by atoms with van der Waals surface area (Å²) >= 11 is 0. The van der Waals surface area contributed by atoms with E-state index in [0.29, 0.717) is 62.4 Å². The number of methoxy groups -OCH3 is 2. The van der Waals surface area contributed by atoms with E-state index in [1.807, 2.05) is 72.5 Å². The predicted molar refractivity (Wildman–Crippen MR) is 169 cm³/mol. The van der Waals surface area contributed by atoms with Crippen LogP contribution in [0.4, 0.5) is 5.69 Å². The standard InChI is InChI=1S/C35H39N3O7/c1-4-42-29-8-6-5-7-28(29)37-15-17-38(18-16-37)35(39)32-14-11-27(45-32)23-36(21-25-9-12-30(40-2)33(19-25)41-3)22-26-10-13-31-34(20-26)44-24-43-31/h5-14,19-20H,4,15-18,21-24H2,1-3H3. The Balaban J connectivity index is 1.14. The Kier molecular flexibility index (Phi) is 9.30. The SMILES string of the molecule is CCOc1ccccc1N1CCN(C(=O)c2ccc(CN(Cc3ccc(OC)c(OC)c3)Cc3ccc4c(c3)OCO4)o2)CC1. The Morgan fingerprint density at radius 3 is 2.29 bits per heavy atom. The second kappa shape index (κ2) is 13.9. The van der Waals surface area contributed by atoms with Crippen LogP contribution in [0.2, 0.25) is 0 Å². The minimum Gasteiger partial charge on any atom is -0.493 e. The molecule has 2 aliphatic rings. The summed E-state index contributed by atoms with van der Waals surface area (Å²) in [5, 5.41) is 0. The summed E-state index contributed by atoms with van der Waals surface area (Å²) in [6.45, 7) is 7.21. The summed E-state index contributed by atoms with van der Waals surface area (Å²) in [6, 6.07) is 23.6. The van der Waals surface area contributed by atoms with E-state index >= 15 is 0 Å². The number of benzene rings is 3. The highest BCUT2D eigenvalue weighted by molar-refractivity contribution is 5.91. The molecule has 0 N–H and O–H groups in total. The van der Waals surface area contributed by atoms with Gasteiger partial charge in [0, 0.05) is 39.3 Å². The molecule has 4 aromatic rings. The van der Waals surface area contributed by atoms with Crippen molar-refractivity contribution in [2.45, 2.75) is 26.6 Å². The van der Waals surface area contributed by atoms with Crippen LogP contribution in [0.1, 0.15) is 34.4 Å². The normalized spacial score (nSPS) is 14.1. The number of piperazine rings is 1. The summed E-state index contributed by atoms with van der Waals surface area (Å²) in [4.78, 5) is 19.8. The molecule has 0 bridgehead atoms. The van der Waals surface area contributed by atoms with Crippen LogP contribution in [-0.2, 0) is 19.6 Å². The van der Waals surface area contributed by atoms with Crippen molar-refractivity contribution in [1.29, 1.82) is 0 Å². The van der Waals surface area contributed by atoms with Gasteiger partial charge in [0.15, 0.2) is 28.8 Å². The monoisotopic (exact) mass is 613 g/mol. The van der Waals surface area contributed by atoms with Gasteiger partial charge < -0.3 is 37.9 Å². The van der Waals surface area contributed by atoms with Crippen molar-refractivity contribution in [3.63, 3.8) is 0 Å². The van der Waals surface area contributed by atoms with Gasteiger partial charge in [-0.05, 0) is 66.6 Å². The molecule has 3 aromatic carbocycles. The lowest BCUT2D eigenvalue weighted by Gasteiger charge is -2.36. The number of nitrogens with zero attached hydrogens (tertiary/aromatic N) is 3. The van der Waals surface area contributed by atoms with Gasteiger partial charge >= 0.3 is 0 Å². The molecule has 6 rings (SSSR count). The van der Waals surface area contributed by atoms with Crippen LogP contribution in [-0.4, -0.2) is 69.5 Å². The summed E-state index contributed by atoms with van der Waals surface area (Å²) in [7, 11) is 3.26. The van der Waals surface area contributed by atoms with Crippen molar-refractivity contribution >= 4 is 11.6 Å². The zero-order chi connectivity index (χ0) is 31.2. The van der Waals surface area contributed by atoms with Crippen molar-refractivity contribution in [1.82, 2.24) is 9.80 Å². The van der Waals surface area contributed by atoms with E-state index in [0.717, 1.165) is 47.2 Å². The summed E-state index contributed by atoms with van der Waals surface area (Å²) < 4.78 is 34.1. The van der Waals surface area contributed by atoms with Crippen molar-refractivity contribution in [3.8, 4) is 28.7 Å². The third-order valence-corrected chi connectivity index (χ3v) is 8.02. The van der Waals surface area contributed by atoms with Gasteiger partial charge in [0.05, 0.1) is 33.1 Å². The van der Waals surface area contributed by atoms with Crippen molar-refractivity contribution in [2.24, 2.45) is 0 Å². The van der Waals surface area contributed by atoms with Crippen LogP contribution in [0.3, 0.4) is 0 Å². The van der Waals surface area contributed by atoms with E-state index in [-0.39, 0.29) is 12.7 Å². The summed E-state index contributed by atoms with van der Waals surface area (Å²) in [6.07, 6.45) is 0. The minimum atomic E-state index is -0.0961. The number of furan rings is 1. The number of hydrogen-bond donors (Lipinski definition) is 0. The number of amides is 1. The topological polar surface area (TPSA) is 86.1 Å². The van der Waals surface area contributed by atoms with E-state index < -0.39 is 0 Å². The average Bonchev–Trinajstić information content (AvgIpc) is 3.74. The molecule has 10 nitrogen and oxygen atoms in total. The Hall–Kier alpha value is -4.83. The third-order valence-electron chi connectivity index (χ3n) is 8.02. The first-order chi connectivity index (χ1) is 22.0. The largest absolute Gasteiger partial charge is 0.493 e. The van der Waals surface area contributed by atoms with Crippen LogP contribution < -0.4 is 28.6 Å². The Labute approximate surface area is 263 Å². The molecule has 1 saturated heterocycles. The molecule has 3 heterocycles. The fraction of sp³-hybridized carbons (Fsp3) is 0.343. The maximum atomic E-state index is 13.5. The molecule has 236 valence electrons. The van der Waals surface area contributed by atoms with Crippen molar-refractivity contribution in [3.05, 3.63) is 95.4 Å². The molecule has 0 saturated carbocycles. The maximum absolute atomic E-state index is 13.5. The summed E-state index contributed by atoms with van der Waals surface area (Å²) in [5.74, 6) is 4.67. The van der Waals surface area contributed by atoms with Crippen molar-refractivity contribution < 1.29 is 32.9 Å². The zero-order valence-electron chi connectivity index (χ0n) is 26.0. The molecule has 0 spiro atoms. The average molecular weight is 614 g/mol. The van der Waals surface area contributed by atoms with Gasteiger partial charge in [-0.3, -0.25) is 9.69 Å². The number of hydrogen-bond acceptors (Lipinski definition) is 9. The molecular weight excluding hydrogens is 574 g/mol. The van der Waals surface area contributed by atoms with Gasteiger partial charge in [0.1, 0.15) is 11.5 Å². The molecule has 45 heavy (non-hydrogen) atoms. The molecular formula is C35H39N3O7. The molecule has 0 unspecified atom stereocenters. The molecule has 10 heteroatoms. The molecule has 0 aliphatic carbocycles. The Morgan fingerprint density at radius 1 is 0.778 bits per heavy atom. The molecule has 0 atom stereocenters. The van der Waals surface area contributed by atoms with E-state index in [4.69, 9.17) is 28.1 Å². The van der Waals surface area contributed by atoms with Crippen molar-refractivity contribution in [2.75, 3.05) is 58.7 Å². The number of ether oxygens (including phenoxy) is 5. The van der Waals surface area contributed by atoms with Crippen LogP contribution in [0.15, 0.2) is 77.2 Å². The Morgan fingerprint density at radius 2 is 1.51 bits per heavy atom. The van der Waals surface area contributed by atoms with Gasteiger partial charge in [-0.25, -0.2) is 0 Å². The molecule has 1 aromatic heterocycles. The van der Waals surface area contributed by atoms with Crippen LogP contribution in [0.5, 0.6) is 28.7 Å². The number of carbonyl (C=O) groups excluding carboxylic acids is 1. The van der Waals surface area contributed by atoms with Gasteiger partial charge in [-0.2, -0.15) is 0 Å². The summed E-state index contributed by atoms with van der Waals surface area (Å²) in [5.41, 5.74) is 3.19. The lowest BCUT2D eigenvalue weighted by atomic mass is 10.1. The minimum absolute atomic E-state index is 0.0961. The van der Waals surface area contributed by atoms with E-state index in [2.05, 4.69) is 15.9 Å². The lowest BCUT2D eigenvalue weighted by molar-refractivity contribution is 0.0710. The van der Waals surface area contributed by atoms with Gasteiger partial charge in [-0.15, -0.1) is 0 Å². The smallest absolute Gasteiger partial charge is 0.289 e. The molecule has 1 amide bonds. The highest BCUT2D eigenvalue weighted by Gasteiger charge is 2.26. The first-order valence-electron chi connectivity index (χ1n) is 15.2. The maximum Gasteiger partial charge on any atom is 0.289 e. The lowest BCUT2D eigenvalue weighted by Crippen LogP contribution is -2.48. The van der Waals surface area contributed by atoms with Crippen LogP contribution in [0.25, 0.3) is 0 Å². The highest BCUT2D eigenvalue weighted by atomic mass is 16.7. The van der Waals surface area contributed by atoms with Crippen LogP contribution >= 0.6 is 0 Å². The second-order valence-corrected chi connectivity index (χ2v) is 11.0. The number of fused-ring (bicyclic) bond motifs is 1. The predicted octanol–water partition coefficient (Wildman–Crippen LogP) is 5.59. The first-order valence-corrected chi connectivity index (χ1v) is 15.2. The fourth-order valence-electron chi connectivity index (χ4n) is 5.80. The van der Waals surface area contributed by atoms with E-state index in [9.17, 15) is 4.79 Å². The number of para-hydroxylation sites is 2. The Bertz CT molecular complexity index is 1610. The number of rotatable bonds is 12. The first kappa shape index (κ1) is 30.2. The third kappa shape index (κ3) is 6.96. The quantitative estimate of drug-likeness (QED) is 0.203. The molecule has 0 radical (unpaired) electrons. The number of carbonyl (C=O) groups is 1. The van der Waals surface area contributed by atoms with Gasteiger partial charge in [0.2, 0.25) is 6.79 Å². The molecule has 2 aliphatic heterocycles. The fourth-order valence-corrected chi connectivity index (χ4v) is 5.80. The van der Waals surface area contributed by atoms with E-state index in [1.54, 1.807) is 20.3 Å². The highest BCUT2D eigenvalue weighted by Crippen LogP contribution is 2.34. The van der Waals surface area contributed by atoms with Gasteiger partial charge in [-0.1, -0.05) is 24.3 Å². The van der Waals surface area contributed by atoms with Crippen LogP contribution in [0, 0.1) is 0 Å². The zero-order valence-corrected chi connectivity index (χ0v) is 26.0. The second-order valence-electron chi connectivity index (χ2n) is 11.0. The van der Waals surface area contributed by atoms with E-state index in [1.165, 1.54) is 0 Å². The van der Waals surface area contributed by atoms with Gasteiger partial charge in [0.25, 0.3) is 5.91 Å². The number of anilines is 1. The molecule has 1 fully saturated rings.